The number of hydrogen-bond donors (Lipinski definition) is 1. The van der Waals surface area contributed by atoms with E-state index in [0.717, 1.165) is 23.8 Å². The summed E-state index contributed by atoms with van der Waals surface area (Å²) in [6.07, 6.45) is -3.23. The van der Waals surface area contributed by atoms with Gasteiger partial charge in [0.15, 0.2) is 4.77 Å². The second kappa shape index (κ2) is 7.09. The van der Waals surface area contributed by atoms with Gasteiger partial charge in [0.1, 0.15) is 5.65 Å². The summed E-state index contributed by atoms with van der Waals surface area (Å²) in [7, 11) is 0. The van der Waals surface area contributed by atoms with E-state index in [4.69, 9.17) is 17.0 Å². The summed E-state index contributed by atoms with van der Waals surface area (Å²) in [6.45, 7) is 2.70. The Morgan fingerprint density at radius 3 is 2.82 bits per heavy atom. The molecule has 0 saturated carbocycles. The zero-order valence-electron chi connectivity index (χ0n) is 14.8. The number of rotatable bonds is 3. The fourth-order valence-corrected chi connectivity index (χ4v) is 4.44. The Morgan fingerprint density at radius 2 is 2.21 bits per heavy atom. The van der Waals surface area contributed by atoms with Gasteiger partial charge in [-0.05, 0) is 50.2 Å². The minimum Gasteiger partial charge on any atom is -0.376 e. The molecule has 4 heterocycles. The minimum absolute atomic E-state index is 0.0353. The van der Waals surface area contributed by atoms with E-state index in [2.05, 4.69) is 9.97 Å². The minimum atomic E-state index is -4.71. The molecule has 1 fully saturated rings. The van der Waals surface area contributed by atoms with Crippen molar-refractivity contribution in [3.63, 3.8) is 0 Å². The number of aryl methyl sites for hydroxylation is 1. The number of nitrogens with zero attached hydrogens (tertiary/aromatic N) is 2. The number of H-pyrrole nitrogens is 1. The van der Waals surface area contributed by atoms with Crippen LogP contribution in [0.2, 0.25) is 0 Å². The first kappa shape index (κ1) is 19.3. The number of halogens is 3. The van der Waals surface area contributed by atoms with E-state index in [1.54, 1.807) is 6.07 Å². The van der Waals surface area contributed by atoms with E-state index >= 15 is 0 Å². The highest BCUT2D eigenvalue weighted by Crippen LogP contribution is 2.37. The molecule has 1 aliphatic rings. The Kier molecular flexibility index (Phi) is 4.88. The Morgan fingerprint density at radius 1 is 1.43 bits per heavy atom. The van der Waals surface area contributed by atoms with Gasteiger partial charge in [0.05, 0.1) is 34.2 Å². The molecule has 0 amide bonds. The van der Waals surface area contributed by atoms with E-state index in [9.17, 15) is 18.0 Å². The van der Waals surface area contributed by atoms with Gasteiger partial charge in [-0.3, -0.25) is 14.3 Å². The number of thiophene rings is 1. The van der Waals surface area contributed by atoms with Gasteiger partial charge >= 0.3 is 6.18 Å². The molecule has 3 aromatic rings. The van der Waals surface area contributed by atoms with Gasteiger partial charge in [0.2, 0.25) is 0 Å². The summed E-state index contributed by atoms with van der Waals surface area (Å²) in [5, 5.41) is -0.504. The van der Waals surface area contributed by atoms with E-state index < -0.39 is 22.7 Å². The van der Waals surface area contributed by atoms with E-state index in [1.807, 2.05) is 13.0 Å². The average molecular weight is 427 g/mol. The van der Waals surface area contributed by atoms with Gasteiger partial charge in [0, 0.05) is 11.5 Å². The first-order chi connectivity index (χ1) is 13.2. The van der Waals surface area contributed by atoms with Crippen molar-refractivity contribution < 1.29 is 17.9 Å². The molecular weight excluding hydrogens is 411 g/mol. The van der Waals surface area contributed by atoms with Crippen LogP contribution >= 0.6 is 23.6 Å². The third kappa shape index (κ3) is 3.51. The van der Waals surface area contributed by atoms with Crippen LogP contribution in [0.15, 0.2) is 23.0 Å². The predicted molar refractivity (Wildman–Crippen MR) is 103 cm³/mol. The highest BCUT2D eigenvalue weighted by molar-refractivity contribution is 7.71. The average Bonchev–Trinajstić information content (AvgIpc) is 3.28. The predicted octanol–water partition coefficient (Wildman–Crippen LogP) is 4.69. The van der Waals surface area contributed by atoms with Crippen LogP contribution in [0.5, 0.6) is 0 Å². The molecule has 1 unspecified atom stereocenters. The van der Waals surface area contributed by atoms with Crippen molar-refractivity contribution in [3.8, 4) is 10.6 Å². The molecule has 5 nitrogen and oxygen atoms in total. The molecular formula is C18H16F3N3O2S2. The van der Waals surface area contributed by atoms with E-state index in [1.165, 1.54) is 15.9 Å². The lowest BCUT2D eigenvalue weighted by Crippen LogP contribution is -2.24. The van der Waals surface area contributed by atoms with Crippen LogP contribution in [-0.2, 0) is 17.5 Å². The molecule has 1 atom stereocenters. The maximum Gasteiger partial charge on any atom is 0.417 e. The van der Waals surface area contributed by atoms with Gasteiger partial charge in [-0.15, -0.1) is 11.3 Å². The topological polar surface area (TPSA) is 59.9 Å². The van der Waals surface area contributed by atoms with Crippen LogP contribution in [0.3, 0.4) is 0 Å². The van der Waals surface area contributed by atoms with Crippen molar-refractivity contribution >= 4 is 34.6 Å². The summed E-state index contributed by atoms with van der Waals surface area (Å²) >= 11 is 6.58. The number of pyridine rings is 1. The van der Waals surface area contributed by atoms with Gasteiger partial charge < -0.3 is 4.74 Å². The summed E-state index contributed by atoms with van der Waals surface area (Å²) in [5.74, 6) is 0. The third-order valence-corrected chi connectivity index (χ3v) is 6.00. The lowest BCUT2D eigenvalue weighted by atomic mass is 10.1. The van der Waals surface area contributed by atoms with Crippen molar-refractivity contribution in [2.45, 2.75) is 38.6 Å². The van der Waals surface area contributed by atoms with Crippen LogP contribution in [0.4, 0.5) is 13.2 Å². The molecule has 0 aliphatic carbocycles. The quantitative estimate of drug-likeness (QED) is 0.616. The second-order valence-electron chi connectivity index (χ2n) is 6.67. The molecule has 0 spiro atoms. The summed E-state index contributed by atoms with van der Waals surface area (Å²) in [4.78, 5) is 20.7. The first-order valence-corrected chi connectivity index (χ1v) is 9.90. The van der Waals surface area contributed by atoms with Crippen LogP contribution in [0, 0.1) is 11.7 Å². The summed E-state index contributed by atoms with van der Waals surface area (Å²) in [5.41, 5.74) is -1.81. The molecule has 1 N–H and O–H groups in total. The lowest BCUT2D eigenvalue weighted by Gasteiger charge is -2.17. The highest BCUT2D eigenvalue weighted by atomic mass is 32.1. The number of alkyl halides is 3. The number of fused-ring (bicyclic) bond motifs is 1. The Balaban J connectivity index is 2.03. The third-order valence-electron chi connectivity index (χ3n) is 4.66. The number of ether oxygens (including phenoxy) is 1. The number of hydrogen-bond acceptors (Lipinski definition) is 5. The maximum atomic E-state index is 13.8. The van der Waals surface area contributed by atoms with Crippen molar-refractivity contribution in [2.24, 2.45) is 0 Å². The maximum absolute atomic E-state index is 13.8. The summed E-state index contributed by atoms with van der Waals surface area (Å²) in [6, 6.07) is 4.47. The molecule has 0 bridgehead atoms. The monoisotopic (exact) mass is 427 g/mol. The fraction of sp³-hybridized carbons (Fsp3) is 0.389. The van der Waals surface area contributed by atoms with Crippen molar-refractivity contribution in [3.05, 3.63) is 43.8 Å². The molecule has 148 valence electrons. The lowest BCUT2D eigenvalue weighted by molar-refractivity contribution is -0.136. The fourth-order valence-electron chi connectivity index (χ4n) is 3.36. The van der Waals surface area contributed by atoms with Gasteiger partial charge in [-0.2, -0.15) is 13.2 Å². The van der Waals surface area contributed by atoms with E-state index in [0.29, 0.717) is 11.5 Å². The summed E-state index contributed by atoms with van der Waals surface area (Å²) < 4.78 is 48.5. The number of aromatic nitrogens is 3. The van der Waals surface area contributed by atoms with Crippen LogP contribution in [0.25, 0.3) is 21.6 Å². The largest absolute Gasteiger partial charge is 0.417 e. The van der Waals surface area contributed by atoms with Crippen LogP contribution in [0.1, 0.15) is 23.3 Å². The number of aromatic amines is 1. The standard InChI is InChI=1S/C18H16F3N3O2S2/c1-9-4-5-13(28-9)12-7-11(18(19,20)21)14-15(22-12)24(17(27)23-16(14)25)8-10-3-2-6-26-10/h4-5,7,10H,2-3,6,8H2,1H3,(H,23,25,27). The van der Waals surface area contributed by atoms with Crippen molar-refractivity contribution in [1.29, 1.82) is 0 Å². The first-order valence-electron chi connectivity index (χ1n) is 8.67. The van der Waals surface area contributed by atoms with Crippen molar-refractivity contribution in [2.75, 3.05) is 6.61 Å². The molecule has 1 saturated heterocycles. The Hall–Kier alpha value is -2.04. The van der Waals surface area contributed by atoms with Crippen LogP contribution < -0.4 is 5.56 Å². The van der Waals surface area contributed by atoms with Crippen molar-refractivity contribution in [1.82, 2.24) is 14.5 Å². The smallest absolute Gasteiger partial charge is 0.376 e. The normalized spacial score (nSPS) is 17.5. The molecule has 0 aromatic carbocycles. The molecule has 3 aromatic heterocycles. The Labute approximate surface area is 166 Å². The molecule has 0 radical (unpaired) electrons. The second-order valence-corrected chi connectivity index (χ2v) is 8.34. The van der Waals surface area contributed by atoms with E-state index in [-0.39, 0.29) is 28.8 Å². The molecule has 10 heteroatoms. The van der Waals surface area contributed by atoms with Gasteiger partial charge in [-0.25, -0.2) is 4.98 Å². The molecule has 4 rings (SSSR count). The zero-order valence-corrected chi connectivity index (χ0v) is 16.4. The van der Waals surface area contributed by atoms with Gasteiger partial charge in [0.25, 0.3) is 5.56 Å². The zero-order chi connectivity index (χ0) is 20.1. The Bertz CT molecular complexity index is 1160. The van der Waals surface area contributed by atoms with Crippen LogP contribution in [-0.4, -0.2) is 27.2 Å². The molecule has 28 heavy (non-hydrogen) atoms. The SMILES string of the molecule is Cc1ccc(-c2cc(C(F)(F)F)c3c(=O)[nH]c(=S)n(CC4CCCO4)c3n2)s1. The highest BCUT2D eigenvalue weighted by Gasteiger charge is 2.36. The molecule has 1 aliphatic heterocycles. The number of nitrogens with one attached hydrogen (secondary N) is 1. The van der Waals surface area contributed by atoms with Gasteiger partial charge in [-0.1, -0.05) is 0 Å².